The zero-order chi connectivity index (χ0) is 18.2. The second-order valence-electron chi connectivity index (χ2n) is 5.44. The highest BCUT2D eigenvalue weighted by atomic mass is 19.4. The van der Waals surface area contributed by atoms with Crippen molar-refractivity contribution in [3.8, 4) is 0 Å². The van der Waals surface area contributed by atoms with Crippen LogP contribution in [0.3, 0.4) is 0 Å². The van der Waals surface area contributed by atoms with E-state index in [1.54, 1.807) is 18.2 Å². The van der Waals surface area contributed by atoms with Crippen LogP contribution in [0.15, 0.2) is 59.7 Å². The molecule has 8 heteroatoms. The number of hydrogen-bond acceptors (Lipinski definition) is 3. The molecule has 25 heavy (non-hydrogen) atoms. The van der Waals surface area contributed by atoms with Crippen molar-refractivity contribution in [3.05, 3.63) is 66.0 Å². The summed E-state index contributed by atoms with van der Waals surface area (Å²) in [6.07, 6.45) is -6.70. The maximum Gasteiger partial charge on any atom is 0.432 e. The van der Waals surface area contributed by atoms with Crippen molar-refractivity contribution in [2.45, 2.75) is 12.3 Å². The van der Waals surface area contributed by atoms with E-state index in [0.717, 1.165) is 24.3 Å². The van der Waals surface area contributed by atoms with E-state index in [1.165, 1.54) is 12.1 Å². The molecule has 2 aromatic rings. The zero-order valence-corrected chi connectivity index (χ0v) is 12.6. The van der Waals surface area contributed by atoms with Gasteiger partial charge in [0.25, 0.3) is 5.91 Å². The molecular weight excluding hydrogens is 340 g/mol. The number of carbonyl (C=O) groups excluding carboxylic acids is 1. The molecule has 2 unspecified atom stereocenters. The molecule has 1 aliphatic heterocycles. The Labute approximate surface area is 140 Å². The van der Waals surface area contributed by atoms with Crippen LogP contribution < -0.4 is 5.01 Å². The van der Waals surface area contributed by atoms with Crippen molar-refractivity contribution < 1.29 is 27.5 Å². The molecule has 0 spiro atoms. The molecule has 1 heterocycles. The minimum Gasteiger partial charge on any atom is -0.387 e. The van der Waals surface area contributed by atoms with E-state index in [1.807, 2.05) is 0 Å². The number of nitrogens with zero attached hydrogens (tertiary/aromatic N) is 2. The molecule has 0 aliphatic carbocycles. The number of halogens is 4. The molecule has 0 radical (unpaired) electrons. The normalized spacial score (nSPS) is 19.1. The van der Waals surface area contributed by atoms with Gasteiger partial charge in [-0.2, -0.15) is 23.3 Å². The molecule has 2 aromatic carbocycles. The number of amides is 1. The summed E-state index contributed by atoms with van der Waals surface area (Å²) in [5.41, 5.74) is -1.24. The molecule has 0 aromatic heterocycles. The summed E-state index contributed by atoms with van der Waals surface area (Å²) in [4.78, 5) is 12.5. The highest BCUT2D eigenvalue weighted by molar-refractivity contribution is 6.17. The Morgan fingerprint density at radius 1 is 1.04 bits per heavy atom. The third-order valence-corrected chi connectivity index (χ3v) is 3.80. The van der Waals surface area contributed by atoms with Crippen LogP contribution in [0.2, 0.25) is 0 Å². The highest BCUT2D eigenvalue weighted by Crippen LogP contribution is 2.38. The lowest BCUT2D eigenvalue weighted by atomic mass is 9.91. The first kappa shape index (κ1) is 17.1. The molecule has 1 amide bonds. The van der Waals surface area contributed by atoms with Gasteiger partial charge >= 0.3 is 6.18 Å². The second kappa shape index (κ2) is 6.29. The number of rotatable bonds is 3. The van der Waals surface area contributed by atoms with Crippen LogP contribution in [0.5, 0.6) is 0 Å². The van der Waals surface area contributed by atoms with Gasteiger partial charge in [-0.05, 0) is 29.8 Å². The predicted molar refractivity (Wildman–Crippen MR) is 82.3 cm³/mol. The zero-order valence-electron chi connectivity index (χ0n) is 12.6. The number of aliphatic hydroxyl groups excluding tert-OH is 1. The molecule has 1 aliphatic rings. The van der Waals surface area contributed by atoms with Gasteiger partial charge in [0.05, 0.1) is 11.8 Å². The van der Waals surface area contributed by atoms with Gasteiger partial charge in [0.15, 0.2) is 5.71 Å². The maximum atomic E-state index is 13.3. The van der Waals surface area contributed by atoms with Crippen LogP contribution in [0, 0.1) is 11.7 Å². The Kier molecular flexibility index (Phi) is 4.30. The van der Waals surface area contributed by atoms with Gasteiger partial charge in [0.1, 0.15) is 11.7 Å². The monoisotopic (exact) mass is 352 g/mol. The van der Waals surface area contributed by atoms with Gasteiger partial charge in [-0.3, -0.25) is 4.79 Å². The van der Waals surface area contributed by atoms with Gasteiger partial charge in [-0.25, -0.2) is 4.39 Å². The molecule has 2 atom stereocenters. The van der Waals surface area contributed by atoms with Gasteiger partial charge in [-0.1, -0.05) is 30.3 Å². The summed E-state index contributed by atoms with van der Waals surface area (Å²) in [6, 6.07) is 11.9. The largest absolute Gasteiger partial charge is 0.432 e. The molecule has 130 valence electrons. The van der Waals surface area contributed by atoms with Crippen LogP contribution in [0.25, 0.3) is 0 Å². The third kappa shape index (κ3) is 3.25. The van der Waals surface area contributed by atoms with Crippen molar-refractivity contribution in [1.82, 2.24) is 0 Å². The van der Waals surface area contributed by atoms with Crippen LogP contribution in [0.1, 0.15) is 11.7 Å². The predicted octanol–water partition coefficient (Wildman–Crippen LogP) is 3.44. The standard InChI is InChI=1S/C17H12F4N2O2/c18-11-8-6-10(7-9-11)14(24)13-15(17(19,20)21)22-23(16(13)25)12-4-2-1-3-5-12/h1-9,13-14,24H. The molecular formula is C17H12F4N2O2. The molecule has 1 N–H and O–H groups in total. The molecule has 0 saturated heterocycles. The first-order chi connectivity index (χ1) is 11.8. The fourth-order valence-electron chi connectivity index (χ4n) is 2.59. The van der Waals surface area contributed by atoms with Crippen molar-refractivity contribution in [3.63, 3.8) is 0 Å². The van der Waals surface area contributed by atoms with Crippen molar-refractivity contribution >= 4 is 17.3 Å². The average Bonchev–Trinajstić information content (AvgIpc) is 2.93. The maximum absolute atomic E-state index is 13.3. The number of carbonyl (C=O) groups is 1. The van der Waals surface area contributed by atoms with E-state index in [2.05, 4.69) is 5.10 Å². The number of anilines is 1. The van der Waals surface area contributed by atoms with Gasteiger partial charge < -0.3 is 5.11 Å². The number of alkyl halides is 3. The molecule has 3 rings (SSSR count). The first-order valence-corrected chi connectivity index (χ1v) is 7.27. The molecule has 0 saturated carbocycles. The quantitative estimate of drug-likeness (QED) is 0.861. The smallest absolute Gasteiger partial charge is 0.387 e. The Morgan fingerprint density at radius 3 is 2.20 bits per heavy atom. The number of hydrogen-bond donors (Lipinski definition) is 1. The van der Waals surface area contributed by atoms with E-state index in [4.69, 9.17) is 0 Å². The number of para-hydroxylation sites is 1. The number of aliphatic hydroxyl groups is 1. The van der Waals surface area contributed by atoms with E-state index in [9.17, 15) is 27.5 Å². The Morgan fingerprint density at radius 2 is 1.64 bits per heavy atom. The highest BCUT2D eigenvalue weighted by Gasteiger charge is 2.53. The Bertz CT molecular complexity index is 804. The van der Waals surface area contributed by atoms with Crippen molar-refractivity contribution in [2.75, 3.05) is 5.01 Å². The summed E-state index contributed by atoms with van der Waals surface area (Å²) in [7, 11) is 0. The molecule has 0 fully saturated rings. The van der Waals surface area contributed by atoms with Crippen LogP contribution in [-0.2, 0) is 4.79 Å². The fourth-order valence-corrected chi connectivity index (χ4v) is 2.59. The second-order valence-corrected chi connectivity index (χ2v) is 5.44. The third-order valence-electron chi connectivity index (χ3n) is 3.80. The van der Waals surface area contributed by atoms with Crippen LogP contribution in [-0.4, -0.2) is 22.9 Å². The number of benzene rings is 2. The van der Waals surface area contributed by atoms with E-state index in [-0.39, 0.29) is 11.3 Å². The number of hydrazone groups is 1. The van der Waals surface area contributed by atoms with Gasteiger partial charge in [-0.15, -0.1) is 0 Å². The topological polar surface area (TPSA) is 52.9 Å². The fraction of sp³-hybridized carbons (Fsp3) is 0.176. The summed E-state index contributed by atoms with van der Waals surface area (Å²) in [5.74, 6) is -3.54. The van der Waals surface area contributed by atoms with E-state index >= 15 is 0 Å². The summed E-state index contributed by atoms with van der Waals surface area (Å²) >= 11 is 0. The van der Waals surface area contributed by atoms with Crippen LogP contribution in [0.4, 0.5) is 23.2 Å². The van der Waals surface area contributed by atoms with Gasteiger partial charge in [0, 0.05) is 0 Å². The SMILES string of the molecule is O=C1C(C(O)c2ccc(F)cc2)C(C(F)(F)F)=NN1c1ccccc1. The minimum absolute atomic E-state index is 0.00777. The summed E-state index contributed by atoms with van der Waals surface area (Å²) in [6.45, 7) is 0. The lowest BCUT2D eigenvalue weighted by molar-refractivity contribution is -0.123. The average molecular weight is 352 g/mol. The van der Waals surface area contributed by atoms with E-state index in [0.29, 0.717) is 5.01 Å². The minimum atomic E-state index is -4.90. The van der Waals surface area contributed by atoms with Gasteiger partial charge in [0.2, 0.25) is 0 Å². The first-order valence-electron chi connectivity index (χ1n) is 7.27. The molecule has 0 bridgehead atoms. The Balaban J connectivity index is 2.01. The van der Waals surface area contributed by atoms with Crippen molar-refractivity contribution in [2.24, 2.45) is 11.0 Å². The van der Waals surface area contributed by atoms with E-state index < -0.39 is 35.6 Å². The Hall–Kier alpha value is -2.74. The lowest BCUT2D eigenvalue weighted by Gasteiger charge is -2.20. The summed E-state index contributed by atoms with van der Waals surface area (Å²) < 4.78 is 53.0. The lowest BCUT2D eigenvalue weighted by Crippen LogP contribution is -2.37. The van der Waals surface area contributed by atoms with Crippen LogP contribution >= 0.6 is 0 Å². The summed E-state index contributed by atoms with van der Waals surface area (Å²) in [5, 5.41) is 14.4. The van der Waals surface area contributed by atoms with Crippen molar-refractivity contribution in [1.29, 1.82) is 0 Å². The molecule has 4 nitrogen and oxygen atoms in total.